The first-order chi connectivity index (χ1) is 12.6. The summed E-state index contributed by atoms with van der Waals surface area (Å²) >= 11 is 0. The molecule has 2 saturated heterocycles. The van der Waals surface area contributed by atoms with Crippen molar-refractivity contribution in [3.8, 4) is 0 Å². The average Bonchev–Trinajstić information content (AvgIpc) is 2.91. The Morgan fingerprint density at radius 3 is 2.23 bits per heavy atom. The van der Waals surface area contributed by atoms with E-state index < -0.39 is 6.03 Å². The van der Waals surface area contributed by atoms with Gasteiger partial charge in [0.1, 0.15) is 6.04 Å². The molecule has 1 unspecified atom stereocenters. The Morgan fingerprint density at radius 2 is 1.58 bits per heavy atom. The van der Waals surface area contributed by atoms with Crippen molar-refractivity contribution >= 4 is 11.9 Å². The van der Waals surface area contributed by atoms with E-state index in [1.54, 1.807) is 4.90 Å². The number of likely N-dealkylation sites (tertiary alicyclic amines) is 1. The van der Waals surface area contributed by atoms with Crippen LogP contribution in [-0.2, 0) is 4.79 Å². The lowest BCUT2D eigenvalue weighted by Gasteiger charge is -2.38. The van der Waals surface area contributed by atoms with E-state index in [2.05, 4.69) is 4.90 Å². The zero-order valence-corrected chi connectivity index (χ0v) is 15.1. The molecule has 7 heteroatoms. The van der Waals surface area contributed by atoms with Crippen molar-refractivity contribution in [3.05, 3.63) is 35.9 Å². The molecule has 0 saturated carbocycles. The summed E-state index contributed by atoms with van der Waals surface area (Å²) in [6, 6.07) is 9.05. The predicted molar refractivity (Wildman–Crippen MR) is 98.4 cm³/mol. The second-order valence-electron chi connectivity index (χ2n) is 7.08. The Kier molecular flexibility index (Phi) is 6.11. The van der Waals surface area contributed by atoms with Crippen LogP contribution in [0.3, 0.4) is 0 Å². The third kappa shape index (κ3) is 4.34. The monoisotopic (exact) mass is 360 g/mol. The van der Waals surface area contributed by atoms with Crippen LogP contribution in [-0.4, -0.2) is 77.1 Å². The van der Waals surface area contributed by atoms with Gasteiger partial charge in [-0.3, -0.25) is 9.69 Å². The van der Waals surface area contributed by atoms with E-state index in [1.807, 2.05) is 35.2 Å². The van der Waals surface area contributed by atoms with E-state index in [0.29, 0.717) is 52.1 Å². The molecule has 0 spiro atoms. The number of nitrogens with zero attached hydrogens (tertiary/aromatic N) is 3. The number of piperidine rings is 1. The molecule has 0 radical (unpaired) electrons. The predicted octanol–water partition coefficient (Wildman–Crippen LogP) is 0.797. The molecule has 0 aliphatic carbocycles. The Balaban J connectivity index is 1.77. The maximum Gasteiger partial charge on any atom is 0.314 e. The molecule has 0 aromatic heterocycles. The molecule has 142 valence electrons. The molecule has 3 rings (SSSR count). The maximum atomic E-state index is 13.4. The first-order valence-electron chi connectivity index (χ1n) is 9.36. The molecule has 3 N–H and O–H groups in total. The largest absolute Gasteiger partial charge is 0.393 e. The summed E-state index contributed by atoms with van der Waals surface area (Å²) in [4.78, 5) is 30.4. The summed E-state index contributed by atoms with van der Waals surface area (Å²) in [7, 11) is 0. The van der Waals surface area contributed by atoms with Crippen LogP contribution in [0.2, 0.25) is 0 Å². The van der Waals surface area contributed by atoms with Crippen molar-refractivity contribution < 1.29 is 14.7 Å². The van der Waals surface area contributed by atoms with Gasteiger partial charge in [-0.2, -0.15) is 0 Å². The van der Waals surface area contributed by atoms with Gasteiger partial charge in [-0.1, -0.05) is 30.3 Å². The molecule has 3 amide bonds. The minimum Gasteiger partial charge on any atom is -0.393 e. The Hall–Kier alpha value is -2.12. The van der Waals surface area contributed by atoms with Crippen LogP contribution < -0.4 is 5.73 Å². The van der Waals surface area contributed by atoms with Crippen LogP contribution in [0.15, 0.2) is 30.3 Å². The van der Waals surface area contributed by atoms with Crippen molar-refractivity contribution in [3.63, 3.8) is 0 Å². The molecular weight excluding hydrogens is 332 g/mol. The van der Waals surface area contributed by atoms with Gasteiger partial charge in [0.2, 0.25) is 5.91 Å². The average molecular weight is 360 g/mol. The topological polar surface area (TPSA) is 90.1 Å². The number of carbonyl (C=O) groups excluding carboxylic acids is 2. The Morgan fingerprint density at radius 1 is 0.962 bits per heavy atom. The third-order valence-corrected chi connectivity index (χ3v) is 5.33. The van der Waals surface area contributed by atoms with Gasteiger partial charge in [0.25, 0.3) is 0 Å². The summed E-state index contributed by atoms with van der Waals surface area (Å²) in [5.74, 6) is 0.0684. The number of nitrogens with two attached hydrogens (primary N) is 1. The number of aliphatic hydroxyl groups excluding tert-OH is 1. The normalized spacial score (nSPS) is 21.3. The SMILES string of the molecule is NC(=O)N1CCCN(C(=O)C(c2ccccc2)N2CCC(O)CC2)CC1. The quantitative estimate of drug-likeness (QED) is 0.834. The second-order valence-corrected chi connectivity index (χ2v) is 7.08. The fourth-order valence-corrected chi connectivity index (χ4v) is 3.82. The van der Waals surface area contributed by atoms with Crippen molar-refractivity contribution in [1.29, 1.82) is 0 Å². The first-order valence-corrected chi connectivity index (χ1v) is 9.36. The standard InChI is InChI=1S/C19H28N4O3/c20-19(26)23-10-4-9-22(13-14-23)18(25)17(15-5-2-1-3-6-15)21-11-7-16(24)8-12-21/h1-3,5-6,16-17,24H,4,7-14H2,(H2,20,26). The number of amides is 3. The molecule has 2 aliphatic heterocycles. The zero-order valence-electron chi connectivity index (χ0n) is 15.1. The number of aliphatic hydroxyl groups is 1. The molecule has 26 heavy (non-hydrogen) atoms. The molecule has 2 fully saturated rings. The molecule has 0 bridgehead atoms. The van der Waals surface area contributed by atoms with Gasteiger partial charge in [0, 0.05) is 39.3 Å². The number of benzene rings is 1. The van der Waals surface area contributed by atoms with Crippen molar-refractivity contribution in [2.45, 2.75) is 31.4 Å². The van der Waals surface area contributed by atoms with E-state index in [9.17, 15) is 14.7 Å². The summed E-state index contributed by atoms with van der Waals surface area (Å²) in [5, 5.41) is 9.81. The van der Waals surface area contributed by atoms with Gasteiger partial charge >= 0.3 is 6.03 Å². The highest BCUT2D eigenvalue weighted by Gasteiger charge is 2.34. The van der Waals surface area contributed by atoms with Gasteiger partial charge in [-0.05, 0) is 24.8 Å². The molecule has 2 heterocycles. The summed E-state index contributed by atoms with van der Waals surface area (Å²) in [5.41, 5.74) is 6.37. The Labute approximate surface area is 154 Å². The van der Waals surface area contributed by atoms with Crippen LogP contribution in [0.5, 0.6) is 0 Å². The number of urea groups is 1. The van der Waals surface area contributed by atoms with Crippen LogP contribution in [0.1, 0.15) is 30.9 Å². The van der Waals surface area contributed by atoms with E-state index in [0.717, 1.165) is 12.0 Å². The highest BCUT2D eigenvalue weighted by Crippen LogP contribution is 2.27. The lowest BCUT2D eigenvalue weighted by molar-refractivity contribution is -0.138. The fraction of sp³-hybridized carbons (Fsp3) is 0.579. The summed E-state index contributed by atoms with van der Waals surface area (Å²) in [6.45, 7) is 3.59. The lowest BCUT2D eigenvalue weighted by atomic mass is 9.99. The smallest absolute Gasteiger partial charge is 0.314 e. The van der Waals surface area contributed by atoms with Crippen LogP contribution >= 0.6 is 0 Å². The number of carbonyl (C=O) groups is 2. The lowest BCUT2D eigenvalue weighted by Crippen LogP contribution is -2.47. The fourth-order valence-electron chi connectivity index (χ4n) is 3.82. The molecule has 1 atom stereocenters. The summed E-state index contributed by atoms with van der Waals surface area (Å²) in [6.07, 6.45) is 1.83. The zero-order chi connectivity index (χ0) is 18.5. The van der Waals surface area contributed by atoms with E-state index in [4.69, 9.17) is 5.73 Å². The minimum atomic E-state index is -0.427. The maximum absolute atomic E-state index is 13.4. The van der Waals surface area contributed by atoms with Crippen molar-refractivity contribution in [2.75, 3.05) is 39.3 Å². The molecular formula is C19H28N4O3. The van der Waals surface area contributed by atoms with Gasteiger partial charge < -0.3 is 20.6 Å². The third-order valence-electron chi connectivity index (χ3n) is 5.33. The van der Waals surface area contributed by atoms with Gasteiger partial charge in [-0.15, -0.1) is 0 Å². The van der Waals surface area contributed by atoms with Crippen LogP contribution in [0.25, 0.3) is 0 Å². The minimum absolute atomic E-state index is 0.0684. The van der Waals surface area contributed by atoms with Crippen molar-refractivity contribution in [1.82, 2.24) is 14.7 Å². The number of primary amides is 1. The molecule has 1 aromatic carbocycles. The molecule has 2 aliphatic rings. The first kappa shape index (κ1) is 18.7. The number of hydrogen-bond acceptors (Lipinski definition) is 4. The van der Waals surface area contributed by atoms with E-state index in [1.165, 1.54) is 0 Å². The van der Waals surface area contributed by atoms with Gasteiger partial charge in [0.05, 0.1) is 6.10 Å². The molecule has 1 aromatic rings. The Bertz CT molecular complexity index is 616. The number of rotatable bonds is 3. The second kappa shape index (κ2) is 8.51. The highest BCUT2D eigenvalue weighted by atomic mass is 16.3. The number of hydrogen-bond donors (Lipinski definition) is 2. The van der Waals surface area contributed by atoms with Crippen LogP contribution in [0.4, 0.5) is 4.79 Å². The molecule has 7 nitrogen and oxygen atoms in total. The highest BCUT2D eigenvalue weighted by molar-refractivity contribution is 5.83. The summed E-state index contributed by atoms with van der Waals surface area (Å²) < 4.78 is 0. The van der Waals surface area contributed by atoms with Crippen molar-refractivity contribution in [2.24, 2.45) is 5.73 Å². The van der Waals surface area contributed by atoms with Crippen LogP contribution in [0, 0.1) is 0 Å². The van der Waals surface area contributed by atoms with Gasteiger partial charge in [-0.25, -0.2) is 4.79 Å². The van der Waals surface area contributed by atoms with E-state index in [-0.39, 0.29) is 18.1 Å². The van der Waals surface area contributed by atoms with E-state index >= 15 is 0 Å². The van der Waals surface area contributed by atoms with Gasteiger partial charge in [0.15, 0.2) is 0 Å².